The summed E-state index contributed by atoms with van der Waals surface area (Å²) in [5.41, 5.74) is 2.39. The number of rotatable bonds is 9. The molecule has 3 heterocycles. The molecule has 0 bridgehead atoms. The zero-order valence-electron chi connectivity index (χ0n) is 18.0. The fraction of sp³-hybridized carbons (Fsp3) is 0.476. The number of amides is 1. The van der Waals surface area contributed by atoms with E-state index in [1.165, 1.54) is 0 Å². The van der Waals surface area contributed by atoms with Crippen LogP contribution >= 0.6 is 11.6 Å². The Bertz CT molecular complexity index is 1260. The van der Waals surface area contributed by atoms with E-state index in [0.29, 0.717) is 33.7 Å². The van der Waals surface area contributed by atoms with E-state index in [-0.39, 0.29) is 18.7 Å². The normalized spacial score (nSPS) is 14.2. The van der Waals surface area contributed by atoms with Gasteiger partial charge in [0.05, 0.1) is 16.5 Å². The summed E-state index contributed by atoms with van der Waals surface area (Å²) in [5.74, 6) is 0.731. The molecule has 11 heteroatoms. The number of hydrogen-bond acceptors (Lipinski definition) is 5. The largest absolute Gasteiger partial charge is 0.464 e. The zero-order valence-corrected chi connectivity index (χ0v) is 19.6. The average molecular weight is 480 g/mol. The molecule has 1 fully saturated rings. The van der Waals surface area contributed by atoms with Gasteiger partial charge >= 0.3 is 6.09 Å². The average Bonchev–Trinajstić information content (AvgIpc) is 3.41. The highest BCUT2D eigenvalue weighted by atomic mass is 35.5. The van der Waals surface area contributed by atoms with Crippen molar-refractivity contribution in [2.45, 2.75) is 44.9 Å². The first-order chi connectivity index (χ1) is 15.2. The summed E-state index contributed by atoms with van der Waals surface area (Å²) in [6.07, 6.45) is 5.37. The fourth-order valence-electron chi connectivity index (χ4n) is 3.97. The molecule has 172 valence electrons. The van der Waals surface area contributed by atoms with Gasteiger partial charge in [0.25, 0.3) is 0 Å². The number of pyridine rings is 1. The van der Waals surface area contributed by atoms with Crippen molar-refractivity contribution >= 4 is 38.8 Å². The summed E-state index contributed by atoms with van der Waals surface area (Å²) >= 11 is 6.07. The van der Waals surface area contributed by atoms with Crippen LogP contribution in [0.4, 0.5) is 4.79 Å². The van der Waals surface area contributed by atoms with Crippen molar-refractivity contribution in [2.75, 3.05) is 12.3 Å². The molecule has 0 aromatic carbocycles. The van der Waals surface area contributed by atoms with Crippen molar-refractivity contribution in [3.05, 3.63) is 40.8 Å². The first-order valence-electron chi connectivity index (χ1n) is 10.6. The monoisotopic (exact) mass is 479 g/mol. The van der Waals surface area contributed by atoms with Crippen molar-refractivity contribution in [1.29, 1.82) is 0 Å². The van der Waals surface area contributed by atoms with E-state index in [1.54, 1.807) is 10.9 Å². The van der Waals surface area contributed by atoms with Gasteiger partial charge in [-0.15, -0.1) is 0 Å². The topological polar surface area (TPSA) is 110 Å². The number of halogens is 1. The van der Waals surface area contributed by atoms with Crippen LogP contribution in [0.1, 0.15) is 49.8 Å². The van der Waals surface area contributed by atoms with Gasteiger partial charge in [0.1, 0.15) is 11.5 Å². The standard InChI is InChI=1S/C21H26ClN5O4S/c1-3-4-9-27(21(28)29)32(30,31)11-8-17-18(14-5-6-14)24-25(2)20(17)26-10-7-15-12-16(22)13-23-19(15)26/h7,10,12-14H,3-6,8-9,11H2,1-2H3,(H,28,29). The van der Waals surface area contributed by atoms with Crippen molar-refractivity contribution in [3.63, 3.8) is 0 Å². The van der Waals surface area contributed by atoms with E-state index >= 15 is 0 Å². The second-order valence-electron chi connectivity index (χ2n) is 8.11. The van der Waals surface area contributed by atoms with Gasteiger partial charge in [0.15, 0.2) is 0 Å². The predicted octanol–water partition coefficient (Wildman–Crippen LogP) is 3.94. The lowest BCUT2D eigenvalue weighted by molar-refractivity contribution is 0.172. The quantitative estimate of drug-likeness (QED) is 0.497. The molecular formula is C21H26ClN5O4S. The molecule has 0 unspecified atom stereocenters. The van der Waals surface area contributed by atoms with Gasteiger partial charge in [0, 0.05) is 42.9 Å². The summed E-state index contributed by atoms with van der Waals surface area (Å²) in [6.45, 7) is 1.86. The van der Waals surface area contributed by atoms with Crippen molar-refractivity contribution in [2.24, 2.45) is 7.05 Å². The molecule has 9 nitrogen and oxygen atoms in total. The number of carboxylic acid groups (broad SMARTS) is 1. The molecule has 0 radical (unpaired) electrons. The summed E-state index contributed by atoms with van der Waals surface area (Å²) in [4.78, 5) is 16.0. The van der Waals surface area contributed by atoms with Gasteiger partial charge in [-0.3, -0.25) is 9.25 Å². The number of hydrogen-bond donors (Lipinski definition) is 1. The summed E-state index contributed by atoms with van der Waals surface area (Å²) in [6, 6.07) is 3.72. The molecule has 0 atom stereocenters. The Morgan fingerprint density at radius 3 is 2.78 bits per heavy atom. The van der Waals surface area contributed by atoms with E-state index in [1.807, 2.05) is 36.9 Å². The number of nitrogens with zero attached hydrogens (tertiary/aromatic N) is 5. The lowest BCUT2D eigenvalue weighted by Crippen LogP contribution is -2.38. The maximum absolute atomic E-state index is 12.9. The molecule has 1 saturated carbocycles. The maximum atomic E-state index is 12.9. The highest BCUT2D eigenvalue weighted by molar-refractivity contribution is 7.89. The molecule has 1 N–H and O–H groups in total. The van der Waals surface area contributed by atoms with E-state index in [9.17, 15) is 18.3 Å². The third kappa shape index (κ3) is 4.33. The second-order valence-corrected chi connectivity index (χ2v) is 10.6. The van der Waals surface area contributed by atoms with Gasteiger partial charge in [-0.05, 0) is 37.8 Å². The molecule has 0 spiro atoms. The van der Waals surface area contributed by atoms with Crippen LogP contribution in [0, 0.1) is 0 Å². The Hall–Kier alpha value is -2.59. The SMILES string of the molecule is CCCCN(C(=O)O)S(=O)(=O)CCc1c(C2CC2)nn(C)c1-n1ccc2cc(Cl)cnc21. The number of sulfonamides is 1. The molecule has 3 aromatic rings. The fourth-order valence-corrected chi connectivity index (χ4v) is 5.46. The Morgan fingerprint density at radius 2 is 2.12 bits per heavy atom. The molecule has 0 aliphatic heterocycles. The van der Waals surface area contributed by atoms with Crippen molar-refractivity contribution in [3.8, 4) is 5.82 Å². The first-order valence-corrected chi connectivity index (χ1v) is 12.6. The molecule has 1 aliphatic rings. The Morgan fingerprint density at radius 1 is 1.38 bits per heavy atom. The van der Waals surface area contributed by atoms with Gasteiger partial charge in [-0.2, -0.15) is 5.10 Å². The van der Waals surface area contributed by atoms with Gasteiger partial charge in [-0.25, -0.2) is 22.5 Å². The third-order valence-electron chi connectivity index (χ3n) is 5.70. The molecule has 4 rings (SSSR count). The Kier molecular flexibility index (Phi) is 6.17. The lowest BCUT2D eigenvalue weighted by atomic mass is 10.1. The highest BCUT2D eigenvalue weighted by Crippen LogP contribution is 2.42. The van der Waals surface area contributed by atoms with E-state index < -0.39 is 16.1 Å². The molecule has 0 saturated heterocycles. The number of carbonyl (C=O) groups is 1. The van der Waals surface area contributed by atoms with E-state index in [2.05, 4.69) is 4.98 Å². The van der Waals surface area contributed by atoms with Gasteiger partial charge in [0.2, 0.25) is 10.0 Å². The smallest absolute Gasteiger partial charge is 0.421 e. The van der Waals surface area contributed by atoms with Gasteiger partial charge < -0.3 is 5.11 Å². The minimum Gasteiger partial charge on any atom is -0.464 e. The zero-order chi connectivity index (χ0) is 23.0. The number of fused-ring (bicyclic) bond motifs is 1. The summed E-state index contributed by atoms with van der Waals surface area (Å²) in [5, 5.41) is 15.5. The second kappa shape index (κ2) is 8.74. The molecular weight excluding hydrogens is 454 g/mol. The van der Waals surface area contributed by atoms with Crippen LogP contribution in [0.5, 0.6) is 0 Å². The molecule has 3 aromatic heterocycles. The van der Waals surface area contributed by atoms with Crippen molar-refractivity contribution < 1.29 is 18.3 Å². The maximum Gasteiger partial charge on any atom is 0.421 e. The number of unbranched alkanes of at least 4 members (excludes halogenated alkanes) is 1. The minimum absolute atomic E-state index is 0.0313. The predicted molar refractivity (Wildman–Crippen MR) is 122 cm³/mol. The molecule has 1 amide bonds. The van der Waals surface area contributed by atoms with Crippen LogP contribution < -0.4 is 0 Å². The van der Waals surface area contributed by atoms with E-state index in [4.69, 9.17) is 16.7 Å². The lowest BCUT2D eigenvalue weighted by Gasteiger charge is -2.19. The number of aromatic nitrogens is 4. The number of aryl methyl sites for hydroxylation is 1. The third-order valence-corrected chi connectivity index (χ3v) is 7.64. The van der Waals surface area contributed by atoms with Crippen LogP contribution in [-0.2, 0) is 23.5 Å². The highest BCUT2D eigenvalue weighted by Gasteiger charge is 2.34. The van der Waals surface area contributed by atoms with Crippen LogP contribution in [0.2, 0.25) is 5.02 Å². The van der Waals surface area contributed by atoms with Crippen LogP contribution in [0.15, 0.2) is 24.5 Å². The summed E-state index contributed by atoms with van der Waals surface area (Å²) < 4.78 is 30.0. The van der Waals surface area contributed by atoms with Crippen LogP contribution in [0.3, 0.4) is 0 Å². The van der Waals surface area contributed by atoms with Gasteiger partial charge in [-0.1, -0.05) is 24.9 Å². The Balaban J connectivity index is 1.72. The first kappa shape index (κ1) is 22.6. The van der Waals surface area contributed by atoms with E-state index in [0.717, 1.165) is 35.3 Å². The summed E-state index contributed by atoms with van der Waals surface area (Å²) in [7, 11) is -2.16. The van der Waals surface area contributed by atoms with Crippen molar-refractivity contribution in [1.82, 2.24) is 23.6 Å². The molecule has 32 heavy (non-hydrogen) atoms. The molecule has 1 aliphatic carbocycles. The van der Waals surface area contributed by atoms with Crippen LogP contribution in [0.25, 0.3) is 16.9 Å². The minimum atomic E-state index is -3.98. The van der Waals surface area contributed by atoms with Crippen LogP contribution in [-0.4, -0.2) is 55.6 Å². The Labute approximate surface area is 191 Å².